The van der Waals surface area contributed by atoms with Gasteiger partial charge in [-0.15, -0.1) is 0 Å². The van der Waals surface area contributed by atoms with Gasteiger partial charge in [0.2, 0.25) is 5.91 Å². The second-order valence-corrected chi connectivity index (χ2v) is 11.1. The maximum absolute atomic E-state index is 13.3. The Kier molecular flexibility index (Phi) is 6.38. The highest BCUT2D eigenvalue weighted by molar-refractivity contribution is 6.00. The molecule has 0 spiro atoms. The number of piperidine rings is 1. The first-order valence-corrected chi connectivity index (χ1v) is 13.4. The number of Topliss-reactive ketones (excluding diaryl/α,β-unsaturated/α-hetero) is 1. The smallest absolute Gasteiger partial charge is 0.233 e. The molecule has 5 N–H and O–H groups in total. The number of hydrogen-bond donors (Lipinski definition) is 4. The van der Waals surface area contributed by atoms with E-state index in [1.54, 1.807) is 31.7 Å². The van der Waals surface area contributed by atoms with E-state index in [0.717, 1.165) is 24.0 Å². The quantitative estimate of drug-likeness (QED) is 0.254. The van der Waals surface area contributed by atoms with E-state index in [4.69, 9.17) is 10.7 Å². The molecular weight excluding hydrogens is 512 g/mol. The standard InChI is InChI=1S/C28H32N8O4/c1-15(39)22-23(17-9-18-4-5-19(10-17)35(18)27(40)28(2,13-37)14-38)34-26-20(12-33-36(26)24(22)29)16-3-6-21(32-11-16)25-30-7-8-31-25/h3,6-8,11-12,17-19,37-38H,4-5,9-10,13-14,29H2,1-2H3,(H,30,31)/t17-,18+,19-. The number of aromatic nitrogens is 6. The summed E-state index contributed by atoms with van der Waals surface area (Å²) >= 11 is 0. The molecule has 40 heavy (non-hydrogen) atoms. The Labute approximate surface area is 230 Å². The predicted octanol–water partition coefficient (Wildman–Crippen LogP) is 2.19. The number of nitrogen functional groups attached to an aromatic ring is 1. The van der Waals surface area contributed by atoms with Crippen molar-refractivity contribution in [3.63, 3.8) is 0 Å². The molecule has 0 aliphatic carbocycles. The zero-order valence-corrected chi connectivity index (χ0v) is 22.4. The van der Waals surface area contributed by atoms with Crippen LogP contribution >= 0.6 is 0 Å². The van der Waals surface area contributed by atoms with Crippen LogP contribution in [0.2, 0.25) is 0 Å². The zero-order valence-electron chi connectivity index (χ0n) is 22.4. The number of anilines is 1. The number of fused-ring (bicyclic) bond motifs is 3. The number of aliphatic hydroxyl groups is 2. The Balaban J connectivity index is 1.38. The highest BCUT2D eigenvalue weighted by atomic mass is 16.3. The minimum absolute atomic E-state index is 0.0736. The molecule has 12 nitrogen and oxygen atoms in total. The van der Waals surface area contributed by atoms with Crippen LogP contribution in [0.4, 0.5) is 5.82 Å². The maximum atomic E-state index is 13.3. The first kappa shape index (κ1) is 26.1. The van der Waals surface area contributed by atoms with Crippen LogP contribution in [0.3, 0.4) is 0 Å². The van der Waals surface area contributed by atoms with E-state index < -0.39 is 18.6 Å². The number of carbonyl (C=O) groups excluding carboxylic acids is 2. The summed E-state index contributed by atoms with van der Waals surface area (Å²) in [7, 11) is 0. The Morgan fingerprint density at radius 3 is 2.42 bits per heavy atom. The number of rotatable bonds is 7. The van der Waals surface area contributed by atoms with Gasteiger partial charge >= 0.3 is 0 Å². The van der Waals surface area contributed by atoms with E-state index in [0.29, 0.717) is 41.3 Å². The van der Waals surface area contributed by atoms with Crippen molar-refractivity contribution < 1.29 is 19.8 Å². The van der Waals surface area contributed by atoms with Crippen LogP contribution in [0.5, 0.6) is 0 Å². The summed E-state index contributed by atoms with van der Waals surface area (Å²) in [5.74, 6) is 0.381. The first-order chi connectivity index (χ1) is 19.3. The molecule has 2 fully saturated rings. The lowest BCUT2D eigenvalue weighted by atomic mass is 9.82. The lowest BCUT2D eigenvalue weighted by molar-refractivity contribution is -0.151. The molecule has 0 unspecified atom stereocenters. The van der Waals surface area contributed by atoms with Gasteiger partial charge in [-0.2, -0.15) is 9.61 Å². The molecule has 0 radical (unpaired) electrons. The summed E-state index contributed by atoms with van der Waals surface area (Å²) < 4.78 is 1.50. The van der Waals surface area contributed by atoms with Crippen molar-refractivity contribution in [1.29, 1.82) is 0 Å². The molecule has 2 bridgehead atoms. The third-order valence-corrected chi connectivity index (χ3v) is 8.45. The molecule has 2 aliphatic heterocycles. The topological polar surface area (TPSA) is 176 Å². The summed E-state index contributed by atoms with van der Waals surface area (Å²) in [4.78, 5) is 44.9. The number of ketones is 1. The third kappa shape index (κ3) is 4.06. The van der Waals surface area contributed by atoms with Crippen LogP contribution < -0.4 is 5.73 Å². The van der Waals surface area contributed by atoms with Crippen molar-refractivity contribution in [2.75, 3.05) is 18.9 Å². The number of amides is 1. The van der Waals surface area contributed by atoms with Gasteiger partial charge in [0.1, 0.15) is 11.5 Å². The van der Waals surface area contributed by atoms with Gasteiger partial charge in [-0.1, -0.05) is 6.07 Å². The van der Waals surface area contributed by atoms with Gasteiger partial charge in [0.25, 0.3) is 0 Å². The molecule has 6 rings (SSSR count). The van der Waals surface area contributed by atoms with Crippen LogP contribution in [0, 0.1) is 5.41 Å². The Hall–Kier alpha value is -4.16. The number of nitrogens with zero attached hydrogens (tertiary/aromatic N) is 6. The fraction of sp³-hybridized carbons (Fsp3) is 0.429. The molecule has 208 valence electrons. The maximum Gasteiger partial charge on any atom is 0.233 e. The highest BCUT2D eigenvalue weighted by Gasteiger charge is 2.49. The molecule has 4 aromatic rings. The Morgan fingerprint density at radius 1 is 1.12 bits per heavy atom. The van der Waals surface area contributed by atoms with E-state index in [1.807, 2.05) is 17.0 Å². The summed E-state index contributed by atoms with van der Waals surface area (Å²) in [6.07, 6.45) is 9.67. The van der Waals surface area contributed by atoms with Crippen molar-refractivity contribution >= 4 is 23.2 Å². The molecule has 0 aromatic carbocycles. The van der Waals surface area contributed by atoms with Crippen LogP contribution in [0.25, 0.3) is 28.3 Å². The second-order valence-electron chi connectivity index (χ2n) is 11.1. The fourth-order valence-corrected chi connectivity index (χ4v) is 6.22. The van der Waals surface area contributed by atoms with Crippen LogP contribution in [-0.2, 0) is 4.79 Å². The summed E-state index contributed by atoms with van der Waals surface area (Å²) in [6, 6.07) is 3.64. The van der Waals surface area contributed by atoms with Gasteiger partial charge in [-0.3, -0.25) is 14.6 Å². The number of aromatic amines is 1. The number of aliphatic hydroxyl groups excluding tert-OH is 2. The van der Waals surface area contributed by atoms with Crippen LogP contribution in [-0.4, -0.2) is 81.7 Å². The molecule has 12 heteroatoms. The summed E-state index contributed by atoms with van der Waals surface area (Å²) in [6.45, 7) is 2.21. The van der Waals surface area contributed by atoms with Crippen molar-refractivity contribution in [3.8, 4) is 22.6 Å². The van der Waals surface area contributed by atoms with E-state index in [2.05, 4.69) is 20.1 Å². The van der Waals surface area contributed by atoms with Crippen molar-refractivity contribution in [2.45, 2.75) is 57.5 Å². The molecule has 6 heterocycles. The molecule has 4 aromatic heterocycles. The number of nitrogens with two attached hydrogens (primary N) is 1. The molecule has 3 atom stereocenters. The average Bonchev–Trinajstić information content (AvgIpc) is 3.70. The van der Waals surface area contributed by atoms with Crippen molar-refractivity contribution in [2.24, 2.45) is 5.41 Å². The third-order valence-electron chi connectivity index (χ3n) is 8.45. The minimum Gasteiger partial charge on any atom is -0.395 e. The van der Waals surface area contributed by atoms with Crippen molar-refractivity contribution in [1.82, 2.24) is 34.4 Å². The van der Waals surface area contributed by atoms with Crippen LogP contribution in [0.1, 0.15) is 61.5 Å². The SMILES string of the molecule is CC(=O)c1c([C@H]2C[C@H]3CC[C@@H](C2)N3C(=O)C(C)(CO)CO)nc2c(-c3ccc(-c4ncc[nH]4)nc3)cnn2c1N. The van der Waals surface area contributed by atoms with Gasteiger partial charge in [0.15, 0.2) is 17.3 Å². The summed E-state index contributed by atoms with van der Waals surface area (Å²) in [5, 5.41) is 24.1. The van der Waals surface area contributed by atoms with Gasteiger partial charge in [0, 0.05) is 47.7 Å². The van der Waals surface area contributed by atoms with Crippen molar-refractivity contribution in [3.05, 3.63) is 48.2 Å². The van der Waals surface area contributed by atoms with E-state index in [-0.39, 0.29) is 35.5 Å². The van der Waals surface area contributed by atoms with E-state index >= 15 is 0 Å². The monoisotopic (exact) mass is 544 g/mol. The lowest BCUT2D eigenvalue weighted by Gasteiger charge is -2.42. The predicted molar refractivity (Wildman–Crippen MR) is 146 cm³/mol. The second kappa shape index (κ2) is 9.79. The molecular formula is C28H32N8O4. The van der Waals surface area contributed by atoms with Gasteiger partial charge in [-0.25, -0.2) is 9.97 Å². The number of imidazole rings is 1. The largest absolute Gasteiger partial charge is 0.395 e. The van der Waals surface area contributed by atoms with Crippen LogP contribution in [0.15, 0.2) is 36.9 Å². The fourth-order valence-electron chi connectivity index (χ4n) is 6.22. The molecule has 1 amide bonds. The Bertz CT molecular complexity index is 1560. The van der Waals surface area contributed by atoms with E-state index in [1.165, 1.54) is 11.4 Å². The van der Waals surface area contributed by atoms with Gasteiger partial charge in [-0.05, 0) is 45.6 Å². The number of carbonyl (C=O) groups is 2. The molecule has 0 saturated carbocycles. The molecule has 2 saturated heterocycles. The highest BCUT2D eigenvalue weighted by Crippen LogP contribution is 2.46. The minimum atomic E-state index is -1.23. The number of H-pyrrole nitrogens is 1. The van der Waals surface area contributed by atoms with E-state index in [9.17, 15) is 19.8 Å². The summed E-state index contributed by atoms with van der Waals surface area (Å²) in [5.41, 5.74) is 9.06. The number of nitrogens with one attached hydrogen (secondary N) is 1. The normalized spacial score (nSPS) is 20.8. The average molecular weight is 545 g/mol. The zero-order chi connectivity index (χ0) is 28.2. The first-order valence-electron chi connectivity index (χ1n) is 13.4. The van der Waals surface area contributed by atoms with Gasteiger partial charge in [0.05, 0.1) is 36.1 Å². The van der Waals surface area contributed by atoms with Gasteiger partial charge < -0.3 is 25.8 Å². The number of pyridine rings is 1. The molecule has 2 aliphatic rings. The lowest BCUT2D eigenvalue weighted by Crippen LogP contribution is -2.54. The Morgan fingerprint density at radius 2 is 1.85 bits per heavy atom. The number of hydrogen-bond acceptors (Lipinski definition) is 9.